The van der Waals surface area contributed by atoms with Gasteiger partial charge < -0.3 is 15.4 Å². The fraction of sp³-hybridized carbons (Fsp3) is 0.304. The molecule has 2 N–H and O–H groups in total. The fourth-order valence-corrected chi connectivity index (χ4v) is 3.89. The van der Waals surface area contributed by atoms with Gasteiger partial charge in [-0.15, -0.1) is 5.10 Å². The molecule has 3 rings (SSSR count). The molecule has 10 heteroatoms. The number of hydrogen-bond acceptors (Lipinski definition) is 5. The highest BCUT2D eigenvalue weighted by molar-refractivity contribution is 9.10. The maximum atomic E-state index is 13.4. The zero-order valence-corrected chi connectivity index (χ0v) is 21.3. The van der Waals surface area contributed by atoms with Crippen molar-refractivity contribution in [2.24, 2.45) is 0 Å². The highest BCUT2D eigenvalue weighted by atomic mass is 79.9. The number of pyridine rings is 1. The van der Waals surface area contributed by atoms with Crippen molar-refractivity contribution >= 4 is 45.0 Å². The van der Waals surface area contributed by atoms with Crippen LogP contribution in [0.5, 0.6) is 5.88 Å². The molecule has 1 aromatic carbocycles. The SMILES string of the molecule is Cc1cc(Br)cc(C(=O)NC(C)C)c1NC(=O)c1cc(OC(C)C)nn1-c1ncccc1Cl. The summed E-state index contributed by atoms with van der Waals surface area (Å²) in [5.41, 5.74) is 1.60. The van der Waals surface area contributed by atoms with E-state index in [-0.39, 0.29) is 35.4 Å². The number of carbonyl (C=O) groups is 2. The Morgan fingerprint density at radius 2 is 1.88 bits per heavy atom. The topological polar surface area (TPSA) is 98.1 Å². The lowest BCUT2D eigenvalue weighted by Gasteiger charge is -2.16. The zero-order valence-electron chi connectivity index (χ0n) is 18.9. The molecule has 2 heterocycles. The van der Waals surface area contributed by atoms with E-state index in [1.807, 2.05) is 40.7 Å². The maximum absolute atomic E-state index is 13.4. The first-order valence-corrected chi connectivity index (χ1v) is 11.5. The molecule has 174 valence electrons. The summed E-state index contributed by atoms with van der Waals surface area (Å²) in [6.07, 6.45) is 1.41. The van der Waals surface area contributed by atoms with Crippen molar-refractivity contribution in [1.82, 2.24) is 20.1 Å². The molecule has 8 nitrogen and oxygen atoms in total. The third-order valence-electron chi connectivity index (χ3n) is 4.42. The zero-order chi connectivity index (χ0) is 24.3. The van der Waals surface area contributed by atoms with Crippen LogP contribution in [-0.4, -0.2) is 38.7 Å². The third-order valence-corrected chi connectivity index (χ3v) is 5.17. The molecule has 0 fully saturated rings. The monoisotopic (exact) mass is 533 g/mol. The van der Waals surface area contributed by atoms with Crippen LogP contribution in [0.2, 0.25) is 5.02 Å². The Bertz CT molecular complexity index is 1190. The minimum atomic E-state index is -0.494. The number of rotatable bonds is 7. The first kappa shape index (κ1) is 24.7. The van der Waals surface area contributed by atoms with Crippen LogP contribution in [-0.2, 0) is 0 Å². The van der Waals surface area contributed by atoms with Crippen molar-refractivity contribution in [2.75, 3.05) is 5.32 Å². The van der Waals surface area contributed by atoms with Gasteiger partial charge in [-0.2, -0.15) is 0 Å². The van der Waals surface area contributed by atoms with E-state index >= 15 is 0 Å². The summed E-state index contributed by atoms with van der Waals surface area (Å²) in [7, 11) is 0. The van der Waals surface area contributed by atoms with Gasteiger partial charge in [-0.25, -0.2) is 9.67 Å². The smallest absolute Gasteiger partial charge is 0.274 e. The molecule has 0 aliphatic carbocycles. The maximum Gasteiger partial charge on any atom is 0.274 e. The number of nitrogens with zero attached hydrogens (tertiary/aromatic N) is 3. The second-order valence-corrected chi connectivity index (χ2v) is 9.31. The Hall–Kier alpha value is -2.91. The van der Waals surface area contributed by atoms with Crippen LogP contribution in [0.3, 0.4) is 0 Å². The highest BCUT2D eigenvalue weighted by Crippen LogP contribution is 2.28. The van der Waals surface area contributed by atoms with Gasteiger partial charge in [0.25, 0.3) is 11.8 Å². The van der Waals surface area contributed by atoms with Crippen LogP contribution >= 0.6 is 27.5 Å². The van der Waals surface area contributed by atoms with Crippen molar-refractivity contribution in [3.8, 4) is 11.7 Å². The van der Waals surface area contributed by atoms with Crippen molar-refractivity contribution in [2.45, 2.75) is 46.8 Å². The summed E-state index contributed by atoms with van der Waals surface area (Å²) in [5, 5.41) is 10.4. The molecule has 0 saturated heterocycles. The van der Waals surface area contributed by atoms with Gasteiger partial charge in [-0.3, -0.25) is 9.59 Å². The van der Waals surface area contributed by atoms with Crippen LogP contribution in [0.4, 0.5) is 5.69 Å². The molecule has 0 aliphatic rings. The summed E-state index contributed by atoms with van der Waals surface area (Å²) in [6, 6.07) is 8.28. The average Bonchev–Trinajstić information content (AvgIpc) is 3.12. The van der Waals surface area contributed by atoms with E-state index in [2.05, 4.69) is 36.6 Å². The second kappa shape index (κ2) is 10.4. The summed E-state index contributed by atoms with van der Waals surface area (Å²) < 4.78 is 7.75. The van der Waals surface area contributed by atoms with Gasteiger partial charge in [0.05, 0.1) is 22.4 Å². The third kappa shape index (κ3) is 5.91. The van der Waals surface area contributed by atoms with Crippen molar-refractivity contribution in [3.05, 3.63) is 62.8 Å². The molecule has 0 unspecified atom stereocenters. The first-order chi connectivity index (χ1) is 15.6. The molecular weight excluding hydrogens is 510 g/mol. The molecule has 2 aromatic heterocycles. The Kier molecular flexibility index (Phi) is 7.76. The van der Waals surface area contributed by atoms with Crippen molar-refractivity contribution < 1.29 is 14.3 Å². The minimum Gasteiger partial charge on any atom is -0.474 e. The highest BCUT2D eigenvalue weighted by Gasteiger charge is 2.23. The number of aryl methyl sites for hydroxylation is 1. The standard InChI is InChI=1S/C23H25BrClN5O3/c1-12(2)27-22(31)16-10-15(24)9-14(5)20(16)28-23(32)18-11-19(33-13(3)4)29-30(18)21-17(25)7-6-8-26-21/h6-13H,1-5H3,(H,27,31)(H,28,32). The summed E-state index contributed by atoms with van der Waals surface area (Å²) >= 11 is 9.74. The number of aromatic nitrogens is 3. The van der Waals surface area contributed by atoms with Gasteiger partial charge >= 0.3 is 0 Å². The van der Waals surface area contributed by atoms with Gasteiger partial charge in [0.15, 0.2) is 5.82 Å². The molecule has 0 spiro atoms. The van der Waals surface area contributed by atoms with Crippen LogP contribution < -0.4 is 15.4 Å². The normalized spacial score (nSPS) is 11.1. The largest absolute Gasteiger partial charge is 0.474 e. The number of carbonyl (C=O) groups excluding carboxylic acids is 2. The molecule has 0 saturated carbocycles. The van der Waals surface area contributed by atoms with E-state index in [4.69, 9.17) is 16.3 Å². The number of hydrogen-bond donors (Lipinski definition) is 2. The molecule has 33 heavy (non-hydrogen) atoms. The van der Waals surface area contributed by atoms with Gasteiger partial charge in [0.2, 0.25) is 5.88 Å². The van der Waals surface area contributed by atoms with Crippen molar-refractivity contribution in [1.29, 1.82) is 0 Å². The van der Waals surface area contributed by atoms with E-state index in [9.17, 15) is 9.59 Å². The van der Waals surface area contributed by atoms with Crippen LogP contribution in [0.15, 0.2) is 41.0 Å². The number of halogens is 2. The van der Waals surface area contributed by atoms with Crippen LogP contribution in [0.1, 0.15) is 54.1 Å². The fourth-order valence-electron chi connectivity index (χ4n) is 3.12. The molecule has 0 aliphatic heterocycles. The number of amides is 2. The Morgan fingerprint density at radius 3 is 2.52 bits per heavy atom. The van der Waals surface area contributed by atoms with Gasteiger partial charge in [0, 0.05) is 22.8 Å². The summed E-state index contributed by atoms with van der Waals surface area (Å²) in [4.78, 5) is 30.5. The van der Waals surface area contributed by atoms with E-state index < -0.39 is 5.91 Å². The molecule has 0 bridgehead atoms. The lowest BCUT2D eigenvalue weighted by molar-refractivity contribution is 0.0944. The number of benzene rings is 1. The summed E-state index contributed by atoms with van der Waals surface area (Å²) in [6.45, 7) is 9.26. The van der Waals surface area contributed by atoms with Gasteiger partial charge in [-0.1, -0.05) is 27.5 Å². The Balaban J connectivity index is 2.06. The molecule has 2 amide bonds. The second-order valence-electron chi connectivity index (χ2n) is 7.98. The minimum absolute atomic E-state index is 0.0659. The quantitative estimate of drug-likeness (QED) is 0.436. The summed E-state index contributed by atoms with van der Waals surface area (Å²) in [5.74, 6) is -0.253. The number of ether oxygens (including phenoxy) is 1. The molecule has 3 aromatic rings. The number of nitrogens with one attached hydrogen (secondary N) is 2. The predicted molar refractivity (Wildman–Crippen MR) is 132 cm³/mol. The van der Waals surface area contributed by atoms with E-state index in [1.165, 1.54) is 10.7 Å². The van der Waals surface area contributed by atoms with E-state index in [0.29, 0.717) is 21.8 Å². The Labute approximate surface area is 205 Å². The van der Waals surface area contributed by atoms with E-state index in [0.717, 1.165) is 4.47 Å². The number of anilines is 1. The molecule has 0 atom stereocenters. The lowest BCUT2D eigenvalue weighted by atomic mass is 10.1. The first-order valence-electron chi connectivity index (χ1n) is 10.4. The molecular formula is C23H25BrClN5O3. The predicted octanol–water partition coefficient (Wildman–Crippen LogP) is 5.17. The van der Waals surface area contributed by atoms with Gasteiger partial charge in [-0.05, 0) is 64.4 Å². The average molecular weight is 535 g/mol. The van der Waals surface area contributed by atoms with Crippen LogP contribution in [0.25, 0.3) is 5.82 Å². The van der Waals surface area contributed by atoms with Gasteiger partial charge in [0.1, 0.15) is 5.69 Å². The Morgan fingerprint density at radius 1 is 1.15 bits per heavy atom. The lowest BCUT2D eigenvalue weighted by Crippen LogP contribution is -2.31. The molecule has 0 radical (unpaired) electrons. The van der Waals surface area contributed by atoms with E-state index in [1.54, 1.807) is 24.4 Å². The van der Waals surface area contributed by atoms with Crippen molar-refractivity contribution in [3.63, 3.8) is 0 Å². The van der Waals surface area contributed by atoms with Crippen LogP contribution in [0, 0.1) is 6.92 Å².